The van der Waals surface area contributed by atoms with Gasteiger partial charge in [-0.15, -0.1) is 0 Å². The molecule has 0 amide bonds. The van der Waals surface area contributed by atoms with E-state index < -0.39 is 25.7 Å². The fourth-order valence-electron chi connectivity index (χ4n) is 2.49. The van der Waals surface area contributed by atoms with Crippen molar-refractivity contribution in [2.24, 2.45) is 0 Å². The maximum atomic E-state index is 11.6. The Balaban J connectivity index is 2.56. The molecule has 2 rings (SSSR count). The van der Waals surface area contributed by atoms with Gasteiger partial charge in [0, 0.05) is 26.2 Å². The summed E-state index contributed by atoms with van der Waals surface area (Å²) in [6.07, 6.45) is 0. The third-order valence-electron chi connectivity index (χ3n) is 3.56. The summed E-state index contributed by atoms with van der Waals surface area (Å²) in [5.74, 6) is 0.205. The van der Waals surface area contributed by atoms with Crippen LogP contribution in [0.15, 0.2) is 21.7 Å². The molecule has 2 aliphatic heterocycles. The van der Waals surface area contributed by atoms with Crippen LogP contribution in [0.2, 0.25) is 0 Å². The van der Waals surface area contributed by atoms with Gasteiger partial charge in [0.25, 0.3) is 0 Å². The smallest absolute Gasteiger partial charge is 0.363 e. The van der Waals surface area contributed by atoms with E-state index in [0.717, 1.165) is 0 Å². The Morgan fingerprint density at radius 2 is 1.25 bits per heavy atom. The van der Waals surface area contributed by atoms with Crippen LogP contribution in [0.25, 0.3) is 0 Å². The van der Waals surface area contributed by atoms with Crippen LogP contribution in [0.3, 0.4) is 0 Å². The standard InChI is InChI=1S/C12H16Cl2N4O6/c13-9(11(14)18(21)22)10(17(19)20)12(15-1-5-23-6-2-15)16-3-7-24-8-4-16/h1-8H2/b11-9-. The Hall–Kier alpha value is -1.62. The number of allylic oxidation sites excluding steroid dienone is 1. The summed E-state index contributed by atoms with van der Waals surface area (Å²) < 4.78 is 10.5. The van der Waals surface area contributed by atoms with Gasteiger partial charge in [-0.05, 0) is 11.6 Å². The summed E-state index contributed by atoms with van der Waals surface area (Å²) in [7, 11) is 0. The number of ether oxygens (including phenoxy) is 2. The molecule has 134 valence electrons. The number of rotatable bonds is 5. The van der Waals surface area contributed by atoms with Crippen LogP contribution in [0.4, 0.5) is 0 Å². The molecule has 0 aromatic rings. The molecule has 2 saturated heterocycles. The largest absolute Gasteiger partial charge is 0.378 e. The van der Waals surface area contributed by atoms with E-state index in [1.807, 2.05) is 0 Å². The highest BCUT2D eigenvalue weighted by atomic mass is 35.5. The zero-order valence-corrected chi connectivity index (χ0v) is 14.2. The molecule has 0 spiro atoms. The van der Waals surface area contributed by atoms with Crippen molar-refractivity contribution >= 4 is 23.2 Å². The SMILES string of the molecule is O=[N+]([O-])C(=C(N1CCOCC1)N1CCOCC1)/C(Cl)=C(\Cl)[N+](=O)[O-]. The Morgan fingerprint density at radius 3 is 1.58 bits per heavy atom. The molecule has 12 heteroatoms. The molecule has 0 aliphatic carbocycles. The number of hydrogen-bond donors (Lipinski definition) is 0. The zero-order valence-electron chi connectivity index (χ0n) is 12.7. The average molecular weight is 383 g/mol. The first-order valence-corrected chi connectivity index (χ1v) is 7.93. The number of halogens is 2. The van der Waals surface area contributed by atoms with Gasteiger partial charge in [0.1, 0.15) is 0 Å². The van der Waals surface area contributed by atoms with Gasteiger partial charge in [-0.3, -0.25) is 20.2 Å². The zero-order chi connectivity index (χ0) is 17.7. The fourth-order valence-corrected chi connectivity index (χ4v) is 2.80. The van der Waals surface area contributed by atoms with Crippen molar-refractivity contribution in [3.05, 3.63) is 41.9 Å². The molecule has 0 bridgehead atoms. The highest BCUT2D eigenvalue weighted by Crippen LogP contribution is 2.30. The topological polar surface area (TPSA) is 111 Å². The van der Waals surface area contributed by atoms with E-state index in [1.54, 1.807) is 9.80 Å². The minimum atomic E-state index is -0.984. The quantitative estimate of drug-likeness (QED) is 0.299. The Bertz CT molecular complexity index is 550. The van der Waals surface area contributed by atoms with Gasteiger partial charge >= 0.3 is 10.9 Å². The van der Waals surface area contributed by atoms with Crippen LogP contribution in [-0.2, 0) is 9.47 Å². The van der Waals surface area contributed by atoms with E-state index in [4.69, 9.17) is 32.7 Å². The van der Waals surface area contributed by atoms with Crippen molar-refractivity contribution in [1.29, 1.82) is 0 Å². The monoisotopic (exact) mass is 382 g/mol. The van der Waals surface area contributed by atoms with Crippen LogP contribution < -0.4 is 0 Å². The number of morpholine rings is 2. The Morgan fingerprint density at radius 1 is 0.833 bits per heavy atom. The minimum Gasteiger partial charge on any atom is -0.378 e. The van der Waals surface area contributed by atoms with Gasteiger partial charge in [0.2, 0.25) is 5.03 Å². The molecular formula is C12H16Cl2N4O6. The second-order valence-corrected chi connectivity index (χ2v) is 5.73. The van der Waals surface area contributed by atoms with Gasteiger partial charge < -0.3 is 19.3 Å². The van der Waals surface area contributed by atoms with Crippen molar-refractivity contribution in [3.63, 3.8) is 0 Å². The first-order valence-electron chi connectivity index (χ1n) is 7.17. The Kier molecular flexibility index (Phi) is 6.60. The number of nitrogens with zero attached hydrogens (tertiary/aromatic N) is 4. The molecule has 0 saturated carbocycles. The second kappa shape index (κ2) is 8.47. The van der Waals surface area contributed by atoms with Gasteiger partial charge in [-0.2, -0.15) is 0 Å². The molecule has 2 heterocycles. The summed E-state index contributed by atoms with van der Waals surface area (Å²) in [6, 6.07) is 0. The summed E-state index contributed by atoms with van der Waals surface area (Å²) >= 11 is 11.5. The normalized spacial score (nSPS) is 19.6. The summed E-state index contributed by atoms with van der Waals surface area (Å²) in [6.45, 7) is 3.20. The molecule has 2 fully saturated rings. The van der Waals surface area contributed by atoms with Gasteiger partial charge in [0.05, 0.1) is 36.3 Å². The lowest BCUT2D eigenvalue weighted by molar-refractivity contribution is -0.431. The van der Waals surface area contributed by atoms with Crippen LogP contribution in [0, 0.1) is 20.2 Å². The van der Waals surface area contributed by atoms with Crippen LogP contribution in [0.1, 0.15) is 0 Å². The molecule has 0 aromatic heterocycles. The molecule has 24 heavy (non-hydrogen) atoms. The highest BCUT2D eigenvalue weighted by molar-refractivity contribution is 6.39. The van der Waals surface area contributed by atoms with Gasteiger partial charge in [0.15, 0.2) is 5.82 Å². The molecule has 0 atom stereocenters. The molecular weight excluding hydrogens is 367 g/mol. The molecule has 0 N–H and O–H groups in total. The average Bonchev–Trinajstić information content (AvgIpc) is 2.59. The lowest BCUT2D eigenvalue weighted by Crippen LogP contribution is -2.47. The van der Waals surface area contributed by atoms with E-state index in [-0.39, 0.29) is 5.82 Å². The van der Waals surface area contributed by atoms with Gasteiger partial charge in [-0.1, -0.05) is 11.6 Å². The lowest BCUT2D eigenvalue weighted by atomic mass is 10.3. The third-order valence-corrected chi connectivity index (χ3v) is 4.35. The van der Waals surface area contributed by atoms with E-state index in [2.05, 4.69) is 0 Å². The molecule has 10 nitrogen and oxygen atoms in total. The van der Waals surface area contributed by atoms with Crippen molar-refractivity contribution < 1.29 is 19.3 Å². The van der Waals surface area contributed by atoms with E-state index in [0.29, 0.717) is 52.6 Å². The lowest BCUT2D eigenvalue weighted by Gasteiger charge is -2.38. The van der Waals surface area contributed by atoms with E-state index in [9.17, 15) is 20.2 Å². The van der Waals surface area contributed by atoms with Crippen molar-refractivity contribution in [1.82, 2.24) is 9.80 Å². The predicted molar refractivity (Wildman–Crippen MR) is 84.5 cm³/mol. The van der Waals surface area contributed by atoms with E-state index in [1.165, 1.54) is 0 Å². The van der Waals surface area contributed by atoms with Crippen molar-refractivity contribution in [2.45, 2.75) is 0 Å². The van der Waals surface area contributed by atoms with Crippen molar-refractivity contribution in [3.8, 4) is 0 Å². The molecule has 0 aromatic carbocycles. The van der Waals surface area contributed by atoms with Crippen LogP contribution in [-0.4, -0.2) is 72.3 Å². The first-order chi connectivity index (χ1) is 11.4. The first kappa shape index (κ1) is 18.7. The van der Waals surface area contributed by atoms with Gasteiger partial charge in [-0.25, -0.2) is 0 Å². The van der Waals surface area contributed by atoms with Crippen LogP contribution >= 0.6 is 23.2 Å². The number of nitro groups is 2. The third kappa shape index (κ3) is 4.26. The maximum absolute atomic E-state index is 11.6. The summed E-state index contributed by atoms with van der Waals surface area (Å²) in [4.78, 5) is 24.3. The maximum Gasteiger partial charge on any atom is 0.363 e. The molecule has 2 aliphatic rings. The minimum absolute atomic E-state index is 0.205. The van der Waals surface area contributed by atoms with E-state index >= 15 is 0 Å². The number of hydrogen-bond acceptors (Lipinski definition) is 8. The Labute approximate surface area is 147 Å². The highest BCUT2D eigenvalue weighted by Gasteiger charge is 2.36. The summed E-state index contributed by atoms with van der Waals surface area (Å²) in [5, 5.41) is 20.8. The molecule has 0 unspecified atom stereocenters. The van der Waals surface area contributed by atoms with Crippen LogP contribution in [0.5, 0.6) is 0 Å². The summed E-state index contributed by atoms with van der Waals surface area (Å²) in [5.41, 5.74) is -0.581. The fraction of sp³-hybridized carbons (Fsp3) is 0.667. The molecule has 0 radical (unpaired) electrons. The predicted octanol–water partition coefficient (Wildman–Crippen LogP) is 1.02. The second-order valence-electron chi connectivity index (χ2n) is 4.99. The van der Waals surface area contributed by atoms with Crippen molar-refractivity contribution in [2.75, 3.05) is 52.6 Å².